The Morgan fingerprint density at radius 2 is 2.06 bits per heavy atom. The van der Waals surface area contributed by atoms with Crippen molar-refractivity contribution in [3.63, 3.8) is 0 Å². The highest BCUT2D eigenvalue weighted by atomic mass is 19.1. The summed E-state index contributed by atoms with van der Waals surface area (Å²) in [6, 6.07) is -0.0245. The maximum absolute atomic E-state index is 13.6. The number of halogens is 2. The monoisotopic (exact) mass is 461 g/mol. The van der Waals surface area contributed by atoms with Gasteiger partial charge in [-0.3, -0.25) is 14.4 Å². The summed E-state index contributed by atoms with van der Waals surface area (Å²) in [5.74, 6) is -3.37. The van der Waals surface area contributed by atoms with Crippen LogP contribution in [-0.2, 0) is 11.3 Å². The molecule has 2 amide bonds. The van der Waals surface area contributed by atoms with Crippen LogP contribution in [0, 0.1) is 5.92 Å². The third kappa shape index (κ3) is 4.10. The quantitative estimate of drug-likeness (QED) is 0.657. The second-order valence-corrected chi connectivity index (χ2v) is 8.70. The fraction of sp³-hybridized carbons (Fsp3) is 0.435. The van der Waals surface area contributed by atoms with E-state index in [1.807, 2.05) is 0 Å². The van der Waals surface area contributed by atoms with Crippen LogP contribution in [0.25, 0.3) is 0 Å². The van der Waals surface area contributed by atoms with E-state index >= 15 is 0 Å². The number of carbonyl (C=O) groups excluding carboxylic acids is 2. The SMILES string of the molecule is C=C(F)/C(=C\C=C(/C)F)CNC(=O)c1cn2c(c(O)c1=O)C(=O)N1[C@@H]3CC(C)[C@@H](C3)O[C@H]1C2. The smallest absolute Gasteiger partial charge is 0.276 e. The molecule has 3 aliphatic rings. The van der Waals surface area contributed by atoms with Crippen molar-refractivity contribution in [2.45, 2.75) is 51.6 Å². The van der Waals surface area contributed by atoms with Crippen LogP contribution in [0.4, 0.5) is 8.78 Å². The van der Waals surface area contributed by atoms with Crippen molar-refractivity contribution in [2.75, 3.05) is 6.54 Å². The van der Waals surface area contributed by atoms with Crippen molar-refractivity contribution in [1.29, 1.82) is 0 Å². The number of fused-ring (bicyclic) bond motifs is 5. The number of ether oxygens (including phenoxy) is 1. The van der Waals surface area contributed by atoms with Crippen LogP contribution in [0.1, 0.15) is 47.5 Å². The molecule has 0 aromatic carbocycles. The number of pyridine rings is 1. The minimum Gasteiger partial charge on any atom is -0.503 e. The van der Waals surface area contributed by atoms with E-state index in [1.165, 1.54) is 17.7 Å². The Bertz CT molecular complexity index is 1150. The van der Waals surface area contributed by atoms with Gasteiger partial charge in [-0.1, -0.05) is 19.6 Å². The fourth-order valence-electron chi connectivity index (χ4n) is 4.73. The molecule has 1 saturated carbocycles. The van der Waals surface area contributed by atoms with Gasteiger partial charge >= 0.3 is 0 Å². The maximum Gasteiger partial charge on any atom is 0.276 e. The molecule has 2 N–H and O–H groups in total. The predicted octanol–water partition coefficient (Wildman–Crippen LogP) is 2.55. The lowest BCUT2D eigenvalue weighted by Gasteiger charge is -2.44. The molecule has 3 heterocycles. The molecule has 33 heavy (non-hydrogen) atoms. The van der Waals surface area contributed by atoms with Gasteiger partial charge in [0.05, 0.1) is 18.5 Å². The van der Waals surface area contributed by atoms with E-state index < -0.39 is 46.4 Å². The minimum absolute atomic E-state index is 0.0245. The van der Waals surface area contributed by atoms with E-state index in [9.17, 15) is 28.3 Å². The second kappa shape index (κ2) is 8.58. The van der Waals surface area contributed by atoms with Gasteiger partial charge in [-0.15, -0.1) is 0 Å². The second-order valence-electron chi connectivity index (χ2n) is 8.70. The summed E-state index contributed by atoms with van der Waals surface area (Å²) in [4.78, 5) is 40.1. The average molecular weight is 461 g/mol. The Balaban J connectivity index is 1.61. The lowest BCUT2D eigenvalue weighted by atomic mass is 10.1. The summed E-state index contributed by atoms with van der Waals surface area (Å²) in [7, 11) is 0. The largest absolute Gasteiger partial charge is 0.503 e. The fourth-order valence-corrected chi connectivity index (χ4v) is 4.73. The van der Waals surface area contributed by atoms with E-state index in [0.29, 0.717) is 6.42 Å². The first kappa shape index (κ1) is 22.9. The predicted molar refractivity (Wildman–Crippen MR) is 115 cm³/mol. The number of nitrogens with one attached hydrogen (secondary N) is 1. The number of nitrogens with zero attached hydrogens (tertiary/aromatic N) is 2. The van der Waals surface area contributed by atoms with Gasteiger partial charge in [-0.2, -0.15) is 0 Å². The Kier molecular flexibility index (Phi) is 5.96. The molecule has 176 valence electrons. The summed E-state index contributed by atoms with van der Waals surface area (Å²) < 4.78 is 34.0. The zero-order valence-corrected chi connectivity index (χ0v) is 18.3. The zero-order chi connectivity index (χ0) is 24.0. The van der Waals surface area contributed by atoms with Gasteiger partial charge in [0.1, 0.15) is 11.4 Å². The highest BCUT2D eigenvalue weighted by Crippen LogP contribution is 2.41. The van der Waals surface area contributed by atoms with Gasteiger partial charge in [-0.25, -0.2) is 8.78 Å². The summed E-state index contributed by atoms with van der Waals surface area (Å²) in [6.45, 7) is 6.17. The first-order valence-electron chi connectivity index (χ1n) is 10.7. The summed E-state index contributed by atoms with van der Waals surface area (Å²) in [6.07, 6.45) is 4.30. The Morgan fingerprint density at radius 1 is 1.33 bits per heavy atom. The average Bonchev–Trinajstić information content (AvgIpc) is 3.03. The number of rotatable bonds is 5. The summed E-state index contributed by atoms with van der Waals surface area (Å²) >= 11 is 0. The van der Waals surface area contributed by atoms with Crippen LogP contribution >= 0.6 is 0 Å². The molecule has 4 atom stereocenters. The molecular formula is C23H25F2N3O5. The Labute approximate surface area is 188 Å². The van der Waals surface area contributed by atoms with Crippen molar-refractivity contribution < 1.29 is 28.2 Å². The number of amides is 2. The van der Waals surface area contributed by atoms with Gasteiger partial charge in [0.2, 0.25) is 5.43 Å². The molecule has 0 radical (unpaired) electrons. The molecule has 2 fully saturated rings. The van der Waals surface area contributed by atoms with Crippen molar-refractivity contribution in [2.24, 2.45) is 5.92 Å². The first-order valence-corrected chi connectivity index (χ1v) is 10.7. The van der Waals surface area contributed by atoms with Gasteiger partial charge < -0.3 is 24.6 Å². The highest BCUT2D eigenvalue weighted by Gasteiger charge is 2.50. The number of aromatic hydroxyl groups is 1. The molecule has 1 aliphatic carbocycles. The lowest BCUT2D eigenvalue weighted by molar-refractivity contribution is -0.138. The van der Waals surface area contributed by atoms with E-state index in [-0.39, 0.29) is 42.4 Å². The molecule has 0 spiro atoms. The summed E-state index contributed by atoms with van der Waals surface area (Å²) in [5.41, 5.74) is -1.69. The van der Waals surface area contributed by atoms with E-state index in [4.69, 9.17) is 4.74 Å². The van der Waals surface area contributed by atoms with Crippen molar-refractivity contribution in [1.82, 2.24) is 14.8 Å². The molecule has 1 aromatic rings. The highest BCUT2D eigenvalue weighted by molar-refractivity contribution is 5.99. The zero-order valence-electron chi connectivity index (χ0n) is 18.3. The summed E-state index contributed by atoms with van der Waals surface area (Å²) in [5, 5.41) is 12.9. The molecule has 10 heteroatoms. The topological polar surface area (TPSA) is 101 Å². The van der Waals surface area contributed by atoms with E-state index in [0.717, 1.165) is 18.6 Å². The van der Waals surface area contributed by atoms with Crippen molar-refractivity contribution in [3.8, 4) is 5.75 Å². The maximum atomic E-state index is 13.6. The van der Waals surface area contributed by atoms with Crippen LogP contribution in [0.3, 0.4) is 0 Å². The minimum atomic E-state index is -1.01. The van der Waals surface area contributed by atoms with Crippen LogP contribution in [0.15, 0.2) is 46.9 Å². The van der Waals surface area contributed by atoms with Gasteiger partial charge in [0.15, 0.2) is 17.7 Å². The van der Waals surface area contributed by atoms with Crippen LogP contribution in [0.2, 0.25) is 0 Å². The van der Waals surface area contributed by atoms with Gasteiger partial charge in [-0.05, 0) is 31.8 Å². The number of allylic oxidation sites excluding steroid dienone is 3. The van der Waals surface area contributed by atoms with E-state index in [2.05, 4.69) is 18.8 Å². The third-order valence-corrected chi connectivity index (χ3v) is 6.41. The van der Waals surface area contributed by atoms with Crippen LogP contribution in [0.5, 0.6) is 5.75 Å². The van der Waals surface area contributed by atoms with Gasteiger partial charge in [0.25, 0.3) is 11.8 Å². The normalized spacial score (nSPS) is 26.7. The molecule has 2 bridgehead atoms. The Morgan fingerprint density at radius 3 is 2.73 bits per heavy atom. The number of hydrogen-bond donors (Lipinski definition) is 2. The van der Waals surface area contributed by atoms with E-state index in [1.54, 1.807) is 4.90 Å². The molecule has 4 rings (SSSR count). The molecule has 8 nitrogen and oxygen atoms in total. The van der Waals surface area contributed by atoms with Crippen LogP contribution < -0.4 is 10.7 Å². The van der Waals surface area contributed by atoms with Crippen molar-refractivity contribution >= 4 is 11.8 Å². The van der Waals surface area contributed by atoms with Gasteiger partial charge in [0, 0.05) is 24.4 Å². The Hall–Kier alpha value is -3.27. The lowest BCUT2D eigenvalue weighted by Crippen LogP contribution is -2.57. The van der Waals surface area contributed by atoms with Crippen LogP contribution in [-0.4, -0.2) is 51.3 Å². The first-order chi connectivity index (χ1) is 15.6. The molecule has 1 unspecified atom stereocenters. The van der Waals surface area contributed by atoms with Crippen molar-refractivity contribution in [3.05, 3.63) is 63.6 Å². The third-order valence-electron chi connectivity index (χ3n) is 6.41. The molecular weight excluding hydrogens is 436 g/mol. The molecule has 1 aromatic heterocycles. The standard InChI is InChI=1S/C23H25F2N3O5/c1-11-6-15-7-17(11)33-18-10-27-9-16(20(29)21(30)19(27)23(32)28(15)18)22(31)26-8-14(13(3)25)5-4-12(2)24/h4-5,9,11,15,17-18,30H,3,6-8,10H2,1-2H3,(H,26,31)/b12-4+,14-5-/t11?,15-,17-,18+/m1/s1. The number of hydrogen-bond acceptors (Lipinski definition) is 5. The number of aromatic nitrogens is 1. The molecule has 1 saturated heterocycles. The number of carbonyl (C=O) groups is 2. The molecule has 2 aliphatic heterocycles.